The van der Waals surface area contributed by atoms with Crippen LogP contribution in [0.3, 0.4) is 0 Å². The summed E-state index contributed by atoms with van der Waals surface area (Å²) in [5.41, 5.74) is 2.14. The average molecular weight is 486 g/mol. The van der Waals surface area contributed by atoms with Gasteiger partial charge in [0, 0.05) is 43.2 Å². The first kappa shape index (κ1) is 23.9. The summed E-state index contributed by atoms with van der Waals surface area (Å²) in [6.07, 6.45) is 2.18. The van der Waals surface area contributed by atoms with E-state index >= 15 is 0 Å². The van der Waals surface area contributed by atoms with Gasteiger partial charge < -0.3 is 9.64 Å². The molecular formula is C25H25ClFN3O4. The normalized spacial score (nSPS) is 16.9. The highest BCUT2D eigenvalue weighted by molar-refractivity contribution is 6.33. The monoisotopic (exact) mass is 485 g/mol. The fourth-order valence-corrected chi connectivity index (χ4v) is 4.54. The zero-order chi connectivity index (χ0) is 24.4. The predicted octanol–water partition coefficient (Wildman–Crippen LogP) is 4.69. The summed E-state index contributed by atoms with van der Waals surface area (Å²) in [4.78, 5) is 30.4. The lowest BCUT2D eigenvalue weighted by Crippen LogP contribution is -2.52. The maximum absolute atomic E-state index is 13.5. The van der Waals surface area contributed by atoms with Crippen LogP contribution >= 0.6 is 11.6 Å². The predicted molar refractivity (Wildman–Crippen MR) is 126 cm³/mol. The van der Waals surface area contributed by atoms with Gasteiger partial charge in [-0.3, -0.25) is 19.8 Å². The minimum Gasteiger partial charge on any atom is -0.481 e. The minimum atomic E-state index is -0.768. The molecule has 0 radical (unpaired) electrons. The van der Waals surface area contributed by atoms with Crippen LogP contribution in [0.2, 0.25) is 5.02 Å². The second kappa shape index (κ2) is 9.95. The fourth-order valence-electron chi connectivity index (χ4n) is 4.27. The third kappa shape index (κ3) is 4.98. The Labute approximate surface area is 201 Å². The molecule has 4 rings (SSSR count). The number of benzene rings is 2. The van der Waals surface area contributed by atoms with Crippen LogP contribution in [0.25, 0.3) is 22.0 Å². The van der Waals surface area contributed by atoms with Crippen molar-refractivity contribution < 1.29 is 23.9 Å². The van der Waals surface area contributed by atoms with Crippen molar-refractivity contribution in [1.82, 2.24) is 14.9 Å². The van der Waals surface area contributed by atoms with Gasteiger partial charge in [0.25, 0.3) is 5.91 Å². The van der Waals surface area contributed by atoms with Gasteiger partial charge in [-0.25, -0.2) is 9.45 Å². The SMILES string of the molecule is CC(=O)N(O)[C@H]1CCCN(C(=O)C(C)Oc2ccc3c(-c4ccc(F)cc4Cl)ccnc3c2)C1. The van der Waals surface area contributed by atoms with Gasteiger partial charge in [0.2, 0.25) is 5.91 Å². The fraction of sp³-hybridized carbons (Fsp3) is 0.320. The summed E-state index contributed by atoms with van der Waals surface area (Å²) in [5, 5.41) is 11.8. The van der Waals surface area contributed by atoms with Gasteiger partial charge in [0.05, 0.1) is 16.6 Å². The smallest absolute Gasteiger partial charge is 0.263 e. The molecule has 1 unspecified atom stereocenters. The van der Waals surface area contributed by atoms with Crippen LogP contribution in [0.4, 0.5) is 4.39 Å². The van der Waals surface area contributed by atoms with E-state index in [-0.39, 0.29) is 12.5 Å². The van der Waals surface area contributed by atoms with Gasteiger partial charge in [0.1, 0.15) is 11.6 Å². The number of aromatic nitrogens is 1. The third-order valence-electron chi connectivity index (χ3n) is 5.97. The molecule has 1 aliphatic rings. The number of halogens is 2. The third-order valence-corrected chi connectivity index (χ3v) is 6.29. The van der Waals surface area contributed by atoms with Crippen molar-refractivity contribution in [1.29, 1.82) is 0 Å². The maximum atomic E-state index is 13.5. The number of fused-ring (bicyclic) bond motifs is 1. The second-order valence-electron chi connectivity index (χ2n) is 8.37. The van der Waals surface area contributed by atoms with Crippen molar-refractivity contribution in [3.8, 4) is 16.9 Å². The number of hydrogen-bond acceptors (Lipinski definition) is 5. The molecule has 1 aromatic heterocycles. The molecule has 1 aliphatic heterocycles. The number of hydroxylamine groups is 2. The van der Waals surface area contributed by atoms with Crippen LogP contribution in [-0.2, 0) is 9.59 Å². The Morgan fingerprint density at radius 2 is 2.03 bits per heavy atom. The molecule has 2 atom stereocenters. The molecule has 2 heterocycles. The van der Waals surface area contributed by atoms with E-state index in [4.69, 9.17) is 16.3 Å². The summed E-state index contributed by atoms with van der Waals surface area (Å²) in [7, 11) is 0. The van der Waals surface area contributed by atoms with Gasteiger partial charge in [-0.05, 0) is 61.7 Å². The van der Waals surface area contributed by atoms with E-state index in [1.165, 1.54) is 19.1 Å². The van der Waals surface area contributed by atoms with E-state index < -0.39 is 23.9 Å². The number of likely N-dealkylation sites (tertiary alicyclic amines) is 1. The van der Waals surface area contributed by atoms with Crippen LogP contribution in [-0.4, -0.2) is 57.2 Å². The standard InChI is InChI=1S/C25H25ClFN3O4/c1-15(25(32)29-11-3-4-18(14-29)30(33)16(2)31)34-19-6-8-22-20(9-10-28-24(22)13-19)21-7-5-17(27)12-23(21)26/h5-10,12-13,15,18,33H,3-4,11,14H2,1-2H3/t15?,18-/m0/s1. The molecule has 9 heteroatoms. The molecule has 0 saturated carbocycles. The van der Waals surface area contributed by atoms with E-state index in [1.807, 2.05) is 12.1 Å². The Kier molecular flexibility index (Phi) is 7.00. The lowest BCUT2D eigenvalue weighted by molar-refractivity contribution is -0.179. The number of rotatable bonds is 5. The molecule has 0 aliphatic carbocycles. The molecule has 1 saturated heterocycles. The van der Waals surface area contributed by atoms with Crippen molar-refractivity contribution in [2.24, 2.45) is 0 Å². The molecule has 178 valence electrons. The van der Waals surface area contributed by atoms with Gasteiger partial charge in [0.15, 0.2) is 6.10 Å². The number of pyridine rings is 1. The number of amides is 2. The number of carbonyl (C=O) groups excluding carboxylic acids is 2. The molecule has 1 fully saturated rings. The minimum absolute atomic E-state index is 0.221. The molecular weight excluding hydrogens is 461 g/mol. The first-order valence-electron chi connectivity index (χ1n) is 11.0. The zero-order valence-electron chi connectivity index (χ0n) is 18.9. The van der Waals surface area contributed by atoms with Crippen LogP contribution in [0.1, 0.15) is 26.7 Å². The average Bonchev–Trinajstić information content (AvgIpc) is 2.82. The Morgan fingerprint density at radius 3 is 2.76 bits per heavy atom. The Hall–Kier alpha value is -3.23. The summed E-state index contributed by atoms with van der Waals surface area (Å²) >= 11 is 6.26. The van der Waals surface area contributed by atoms with Crippen LogP contribution in [0.5, 0.6) is 5.75 Å². The largest absolute Gasteiger partial charge is 0.481 e. The Bertz CT molecular complexity index is 1240. The lowest BCUT2D eigenvalue weighted by Gasteiger charge is -2.36. The summed E-state index contributed by atoms with van der Waals surface area (Å²) in [6, 6.07) is 11.0. The summed E-state index contributed by atoms with van der Waals surface area (Å²) in [5.74, 6) is -0.603. The Morgan fingerprint density at radius 1 is 1.24 bits per heavy atom. The molecule has 2 aromatic carbocycles. The highest BCUT2D eigenvalue weighted by Gasteiger charge is 2.31. The van der Waals surface area contributed by atoms with Crippen molar-refractivity contribution in [3.63, 3.8) is 0 Å². The number of nitrogens with zero attached hydrogens (tertiary/aromatic N) is 3. The first-order chi connectivity index (χ1) is 16.2. The van der Waals surface area contributed by atoms with E-state index in [9.17, 15) is 19.2 Å². The molecule has 0 bridgehead atoms. The van der Waals surface area contributed by atoms with Gasteiger partial charge in [-0.15, -0.1) is 0 Å². The topological polar surface area (TPSA) is 83.0 Å². The number of hydrogen-bond donors (Lipinski definition) is 1. The maximum Gasteiger partial charge on any atom is 0.263 e. The van der Waals surface area contributed by atoms with Gasteiger partial charge >= 0.3 is 0 Å². The lowest BCUT2D eigenvalue weighted by atomic mass is 10.0. The molecule has 7 nitrogen and oxygen atoms in total. The second-order valence-corrected chi connectivity index (χ2v) is 8.77. The van der Waals surface area contributed by atoms with E-state index in [0.29, 0.717) is 46.3 Å². The van der Waals surface area contributed by atoms with Crippen molar-refractivity contribution in [2.45, 2.75) is 38.8 Å². The molecule has 0 spiro atoms. The number of ether oxygens (including phenoxy) is 1. The first-order valence-corrected chi connectivity index (χ1v) is 11.4. The van der Waals surface area contributed by atoms with Gasteiger partial charge in [-0.1, -0.05) is 11.6 Å². The van der Waals surface area contributed by atoms with Crippen molar-refractivity contribution in [2.75, 3.05) is 13.1 Å². The highest BCUT2D eigenvalue weighted by Crippen LogP contribution is 2.34. The van der Waals surface area contributed by atoms with E-state index in [0.717, 1.165) is 10.9 Å². The van der Waals surface area contributed by atoms with E-state index in [1.54, 1.807) is 36.2 Å². The van der Waals surface area contributed by atoms with Crippen LogP contribution < -0.4 is 4.74 Å². The van der Waals surface area contributed by atoms with Crippen molar-refractivity contribution in [3.05, 3.63) is 59.5 Å². The van der Waals surface area contributed by atoms with Crippen LogP contribution in [0, 0.1) is 5.82 Å². The highest BCUT2D eigenvalue weighted by atomic mass is 35.5. The molecule has 34 heavy (non-hydrogen) atoms. The molecule has 3 aromatic rings. The number of piperidine rings is 1. The van der Waals surface area contributed by atoms with Crippen LogP contribution in [0.15, 0.2) is 48.7 Å². The number of carbonyl (C=O) groups is 2. The van der Waals surface area contributed by atoms with E-state index in [2.05, 4.69) is 4.98 Å². The Balaban J connectivity index is 1.51. The van der Waals surface area contributed by atoms with Crippen molar-refractivity contribution >= 4 is 34.3 Å². The molecule has 2 amide bonds. The van der Waals surface area contributed by atoms with Gasteiger partial charge in [-0.2, -0.15) is 0 Å². The summed E-state index contributed by atoms with van der Waals surface area (Å²) in [6.45, 7) is 3.75. The molecule has 1 N–H and O–H groups in total. The quantitative estimate of drug-likeness (QED) is 0.418. The zero-order valence-corrected chi connectivity index (χ0v) is 19.6. The summed E-state index contributed by atoms with van der Waals surface area (Å²) < 4.78 is 19.4.